The molecule has 21 heavy (non-hydrogen) atoms. The third-order valence-electron chi connectivity index (χ3n) is 3.87. The van der Waals surface area contributed by atoms with E-state index < -0.39 is 0 Å². The van der Waals surface area contributed by atoms with Crippen molar-refractivity contribution in [2.45, 2.75) is 62.4 Å². The largest absolute Gasteiger partial charge is 0.393 e. The van der Waals surface area contributed by atoms with Crippen LogP contribution in [0.3, 0.4) is 0 Å². The van der Waals surface area contributed by atoms with Gasteiger partial charge in [0.1, 0.15) is 4.34 Å². The molecule has 6 heteroatoms. The van der Waals surface area contributed by atoms with E-state index in [1.54, 1.807) is 23.1 Å². The first-order valence-corrected chi connectivity index (χ1v) is 9.55. The number of rotatable bonds is 6. The predicted molar refractivity (Wildman–Crippen MR) is 87.9 cm³/mol. The number of aliphatic hydroxyl groups is 1. The number of amides is 1. The second-order valence-electron chi connectivity index (χ2n) is 5.37. The van der Waals surface area contributed by atoms with E-state index in [4.69, 9.17) is 0 Å². The van der Waals surface area contributed by atoms with Gasteiger partial charge in [0.15, 0.2) is 0 Å². The van der Waals surface area contributed by atoms with E-state index in [9.17, 15) is 9.90 Å². The van der Waals surface area contributed by atoms with Crippen molar-refractivity contribution in [1.29, 1.82) is 0 Å². The summed E-state index contributed by atoms with van der Waals surface area (Å²) in [4.78, 5) is 18.9. The van der Waals surface area contributed by atoms with Gasteiger partial charge in [0.25, 0.3) is 0 Å². The maximum absolute atomic E-state index is 12.4. The molecule has 0 aliphatic carbocycles. The summed E-state index contributed by atoms with van der Waals surface area (Å²) in [6.45, 7) is 4.88. The molecule has 2 heterocycles. The fraction of sp³-hybridized carbons (Fsp3) is 0.733. The van der Waals surface area contributed by atoms with Crippen LogP contribution in [-0.2, 0) is 11.2 Å². The normalized spacial score (nSPS) is 22.5. The summed E-state index contributed by atoms with van der Waals surface area (Å²) < 4.78 is 1.09. The van der Waals surface area contributed by atoms with Gasteiger partial charge < -0.3 is 10.0 Å². The Morgan fingerprint density at radius 2 is 2.38 bits per heavy atom. The van der Waals surface area contributed by atoms with E-state index in [2.05, 4.69) is 24.2 Å². The maximum atomic E-state index is 12.4. The zero-order valence-electron chi connectivity index (χ0n) is 12.7. The monoisotopic (exact) mass is 328 g/mol. The number of nitrogens with zero attached hydrogens (tertiary/aromatic N) is 2. The maximum Gasteiger partial charge on any atom is 0.223 e. The molecule has 0 unspecified atom stereocenters. The van der Waals surface area contributed by atoms with Crippen LogP contribution in [0.5, 0.6) is 0 Å². The van der Waals surface area contributed by atoms with Crippen LogP contribution in [0, 0.1) is 0 Å². The second-order valence-corrected chi connectivity index (χ2v) is 7.73. The number of hydrogen-bond acceptors (Lipinski definition) is 5. The molecular weight excluding hydrogens is 304 g/mol. The Hall–Kier alpha value is -0.590. The van der Waals surface area contributed by atoms with Gasteiger partial charge in [-0.2, -0.15) is 0 Å². The minimum atomic E-state index is -0.244. The molecule has 1 N–H and O–H groups in total. The zero-order chi connectivity index (χ0) is 15.2. The van der Waals surface area contributed by atoms with Crippen molar-refractivity contribution in [3.8, 4) is 0 Å². The minimum Gasteiger partial charge on any atom is -0.393 e. The molecule has 0 spiro atoms. The first-order valence-electron chi connectivity index (χ1n) is 7.68. The Morgan fingerprint density at radius 3 is 3.10 bits per heavy atom. The standard InChI is InChI=1S/C15H24N2O2S2/c1-3-12-9-13(18)7-8-17(12)14(19)6-5-11-10-21-15(16-11)20-4-2/h10,12-13,18H,3-9H2,1-2H3/t12-,13-/m0/s1. The number of hydrogen-bond donors (Lipinski definition) is 1. The average molecular weight is 329 g/mol. The van der Waals surface area contributed by atoms with Crippen molar-refractivity contribution >= 4 is 29.0 Å². The Labute approximate surface area is 135 Å². The highest BCUT2D eigenvalue weighted by Crippen LogP contribution is 2.24. The van der Waals surface area contributed by atoms with Crippen molar-refractivity contribution < 1.29 is 9.90 Å². The number of piperidine rings is 1. The average Bonchev–Trinajstić information content (AvgIpc) is 2.92. The molecule has 1 aromatic heterocycles. The highest BCUT2D eigenvalue weighted by molar-refractivity contribution is 8.00. The number of thioether (sulfide) groups is 1. The summed E-state index contributed by atoms with van der Waals surface area (Å²) in [6, 6.07) is 0.197. The van der Waals surface area contributed by atoms with Crippen molar-refractivity contribution in [2.75, 3.05) is 12.3 Å². The lowest BCUT2D eigenvalue weighted by Gasteiger charge is -2.37. The molecule has 2 atom stereocenters. The quantitative estimate of drug-likeness (QED) is 0.816. The zero-order valence-corrected chi connectivity index (χ0v) is 14.4. The van der Waals surface area contributed by atoms with Crippen LogP contribution in [0.1, 0.15) is 45.2 Å². The SMILES string of the molecule is CCSc1nc(CCC(=O)N2CC[C@H](O)C[C@@H]2CC)cs1. The third-order valence-corrected chi connectivity index (χ3v) is 5.83. The molecular formula is C15H24N2O2S2. The van der Waals surface area contributed by atoms with Crippen molar-refractivity contribution in [3.63, 3.8) is 0 Å². The molecule has 2 rings (SSSR count). The molecule has 1 aromatic rings. The van der Waals surface area contributed by atoms with Crippen LogP contribution in [-0.4, -0.2) is 45.3 Å². The summed E-state index contributed by atoms with van der Waals surface area (Å²) in [6.07, 6.45) is 3.33. The molecule has 0 saturated carbocycles. The van der Waals surface area contributed by atoms with Gasteiger partial charge in [-0.15, -0.1) is 11.3 Å². The lowest BCUT2D eigenvalue weighted by molar-refractivity contribution is -0.136. The lowest BCUT2D eigenvalue weighted by atomic mass is 9.97. The van der Waals surface area contributed by atoms with E-state index in [1.807, 2.05) is 4.90 Å². The van der Waals surface area contributed by atoms with Crippen LogP contribution < -0.4 is 0 Å². The van der Waals surface area contributed by atoms with Crippen LogP contribution in [0.25, 0.3) is 0 Å². The highest BCUT2D eigenvalue weighted by atomic mass is 32.2. The topological polar surface area (TPSA) is 53.4 Å². The number of aryl methyl sites for hydroxylation is 1. The first-order chi connectivity index (χ1) is 10.1. The van der Waals surface area contributed by atoms with Gasteiger partial charge in [-0.3, -0.25) is 4.79 Å². The molecule has 0 bridgehead atoms. The van der Waals surface area contributed by atoms with Gasteiger partial charge in [0, 0.05) is 24.4 Å². The summed E-state index contributed by atoms with van der Waals surface area (Å²) in [5, 5.41) is 11.8. The number of carbonyl (C=O) groups is 1. The number of aliphatic hydroxyl groups excluding tert-OH is 1. The van der Waals surface area contributed by atoms with Crippen LogP contribution in [0.15, 0.2) is 9.72 Å². The van der Waals surface area contributed by atoms with E-state index in [1.165, 1.54) is 0 Å². The predicted octanol–water partition coefficient (Wildman–Crippen LogP) is 2.95. The summed E-state index contributed by atoms with van der Waals surface area (Å²) >= 11 is 3.41. The third kappa shape index (κ3) is 4.69. The Bertz CT molecular complexity index is 464. The van der Waals surface area contributed by atoms with Gasteiger partial charge in [-0.25, -0.2) is 4.98 Å². The molecule has 1 aliphatic heterocycles. The molecule has 4 nitrogen and oxygen atoms in total. The molecule has 1 saturated heterocycles. The van der Waals surface area contributed by atoms with Crippen LogP contribution in [0.4, 0.5) is 0 Å². The van der Waals surface area contributed by atoms with Crippen molar-refractivity contribution in [1.82, 2.24) is 9.88 Å². The molecule has 1 amide bonds. The summed E-state index contributed by atoms with van der Waals surface area (Å²) in [5.74, 6) is 1.23. The first kappa shape index (κ1) is 16.8. The van der Waals surface area contributed by atoms with Crippen LogP contribution >= 0.6 is 23.1 Å². The molecule has 0 radical (unpaired) electrons. The van der Waals surface area contributed by atoms with E-state index in [0.29, 0.717) is 19.4 Å². The van der Waals surface area contributed by atoms with Gasteiger partial charge in [0.05, 0.1) is 11.8 Å². The molecule has 0 aromatic carbocycles. The molecule has 1 aliphatic rings. The minimum absolute atomic E-state index is 0.197. The fourth-order valence-corrected chi connectivity index (χ4v) is 4.49. The molecule has 118 valence electrons. The Kier molecular flexibility index (Phi) is 6.51. The highest BCUT2D eigenvalue weighted by Gasteiger charge is 2.29. The van der Waals surface area contributed by atoms with Gasteiger partial charge in [0.2, 0.25) is 5.91 Å². The van der Waals surface area contributed by atoms with Gasteiger partial charge >= 0.3 is 0 Å². The van der Waals surface area contributed by atoms with E-state index in [-0.39, 0.29) is 18.1 Å². The second kappa shape index (κ2) is 8.15. The van der Waals surface area contributed by atoms with Gasteiger partial charge in [-0.1, -0.05) is 25.6 Å². The number of aromatic nitrogens is 1. The fourth-order valence-electron chi connectivity index (χ4n) is 2.72. The summed E-state index contributed by atoms with van der Waals surface area (Å²) in [5.41, 5.74) is 1.02. The number of thiazole rings is 1. The smallest absolute Gasteiger partial charge is 0.223 e. The van der Waals surface area contributed by atoms with Crippen molar-refractivity contribution in [2.24, 2.45) is 0 Å². The summed E-state index contributed by atoms with van der Waals surface area (Å²) in [7, 11) is 0. The van der Waals surface area contributed by atoms with E-state index >= 15 is 0 Å². The Balaban J connectivity index is 1.85. The number of carbonyl (C=O) groups excluding carboxylic acids is 1. The van der Waals surface area contributed by atoms with Gasteiger partial charge in [-0.05, 0) is 31.4 Å². The molecule has 1 fully saturated rings. The van der Waals surface area contributed by atoms with Crippen LogP contribution in [0.2, 0.25) is 0 Å². The lowest BCUT2D eigenvalue weighted by Crippen LogP contribution is -2.47. The van der Waals surface area contributed by atoms with Crippen molar-refractivity contribution in [3.05, 3.63) is 11.1 Å². The number of likely N-dealkylation sites (tertiary alicyclic amines) is 1. The Morgan fingerprint density at radius 1 is 1.57 bits per heavy atom. The van der Waals surface area contributed by atoms with E-state index in [0.717, 1.165) is 35.0 Å².